The largest absolute Gasteiger partial charge is 0.507 e. The third kappa shape index (κ3) is 5.51. The molecule has 218 valence electrons. The SMILES string of the molecule is CCOC(=O)c1[nH]c(C)c(C(O)=C2C(=O)C(=O)N(CCN(CC)CC)C2c2cc(OC)c(OC)c(OC)c2)c1C. The van der Waals surface area contributed by atoms with Crippen molar-refractivity contribution in [2.24, 2.45) is 0 Å². The van der Waals surface area contributed by atoms with Crippen molar-refractivity contribution in [1.82, 2.24) is 14.8 Å². The van der Waals surface area contributed by atoms with Gasteiger partial charge < -0.3 is 38.8 Å². The molecule has 3 rings (SSSR count). The van der Waals surface area contributed by atoms with Crippen LogP contribution < -0.4 is 14.2 Å². The van der Waals surface area contributed by atoms with Gasteiger partial charge in [0.25, 0.3) is 11.7 Å². The maximum atomic E-state index is 13.6. The number of aromatic amines is 1. The number of hydrogen-bond acceptors (Lipinski definition) is 9. The van der Waals surface area contributed by atoms with Crippen LogP contribution in [-0.4, -0.2) is 91.7 Å². The molecule has 40 heavy (non-hydrogen) atoms. The number of esters is 1. The summed E-state index contributed by atoms with van der Waals surface area (Å²) in [6, 6.07) is 2.37. The average Bonchev–Trinajstić information content (AvgIpc) is 3.39. The summed E-state index contributed by atoms with van der Waals surface area (Å²) >= 11 is 0. The predicted octanol–water partition coefficient (Wildman–Crippen LogP) is 3.60. The molecule has 1 saturated heterocycles. The van der Waals surface area contributed by atoms with Crippen LogP contribution in [0.15, 0.2) is 17.7 Å². The molecule has 0 saturated carbocycles. The maximum Gasteiger partial charge on any atom is 0.355 e. The molecule has 0 radical (unpaired) electrons. The van der Waals surface area contributed by atoms with Crippen LogP contribution in [0.25, 0.3) is 5.76 Å². The van der Waals surface area contributed by atoms with Crippen LogP contribution in [0.4, 0.5) is 0 Å². The molecule has 1 fully saturated rings. The van der Waals surface area contributed by atoms with E-state index in [1.165, 1.54) is 26.2 Å². The molecule has 11 heteroatoms. The van der Waals surface area contributed by atoms with Gasteiger partial charge in [0.15, 0.2) is 11.5 Å². The summed E-state index contributed by atoms with van der Waals surface area (Å²) in [6.45, 7) is 11.5. The van der Waals surface area contributed by atoms with E-state index in [9.17, 15) is 19.5 Å². The highest BCUT2D eigenvalue weighted by Crippen LogP contribution is 2.46. The zero-order valence-electron chi connectivity index (χ0n) is 24.5. The Morgan fingerprint density at radius 1 is 1.02 bits per heavy atom. The van der Waals surface area contributed by atoms with Crippen molar-refractivity contribution in [1.29, 1.82) is 0 Å². The lowest BCUT2D eigenvalue weighted by molar-refractivity contribution is -0.140. The first-order valence-corrected chi connectivity index (χ1v) is 13.3. The highest BCUT2D eigenvalue weighted by Gasteiger charge is 2.47. The molecule has 1 amide bonds. The number of ketones is 1. The highest BCUT2D eigenvalue weighted by molar-refractivity contribution is 6.46. The lowest BCUT2D eigenvalue weighted by Crippen LogP contribution is -2.38. The minimum absolute atomic E-state index is 0.0978. The number of methoxy groups -OCH3 is 3. The Labute approximate surface area is 234 Å². The quantitative estimate of drug-likeness (QED) is 0.174. The summed E-state index contributed by atoms with van der Waals surface area (Å²) in [5, 5.41) is 11.7. The van der Waals surface area contributed by atoms with Gasteiger partial charge in [0.1, 0.15) is 11.5 Å². The second-order valence-electron chi connectivity index (χ2n) is 9.32. The number of carbonyl (C=O) groups excluding carboxylic acids is 3. The highest BCUT2D eigenvalue weighted by atomic mass is 16.5. The van der Waals surface area contributed by atoms with Crippen molar-refractivity contribution in [2.45, 2.75) is 40.7 Å². The van der Waals surface area contributed by atoms with Gasteiger partial charge in [0.2, 0.25) is 5.75 Å². The molecule has 2 N–H and O–H groups in total. The number of amides is 1. The molecule has 1 aliphatic rings. The fourth-order valence-electron chi connectivity index (χ4n) is 5.15. The molecule has 0 spiro atoms. The van der Waals surface area contributed by atoms with Gasteiger partial charge in [-0.1, -0.05) is 13.8 Å². The lowest BCUT2D eigenvalue weighted by Gasteiger charge is -2.29. The van der Waals surface area contributed by atoms with Crippen LogP contribution in [0.3, 0.4) is 0 Å². The zero-order valence-corrected chi connectivity index (χ0v) is 24.5. The minimum atomic E-state index is -0.955. The number of aromatic nitrogens is 1. The number of carbonyl (C=O) groups is 3. The number of rotatable bonds is 12. The Kier molecular flexibility index (Phi) is 9.86. The van der Waals surface area contributed by atoms with Crippen LogP contribution >= 0.6 is 0 Å². The molecule has 1 atom stereocenters. The van der Waals surface area contributed by atoms with Gasteiger partial charge in [0, 0.05) is 24.3 Å². The Balaban J connectivity index is 2.29. The summed E-state index contributed by atoms with van der Waals surface area (Å²) in [7, 11) is 4.43. The van der Waals surface area contributed by atoms with E-state index in [-0.39, 0.29) is 35.7 Å². The minimum Gasteiger partial charge on any atom is -0.507 e. The van der Waals surface area contributed by atoms with E-state index in [0.29, 0.717) is 40.6 Å². The average molecular weight is 558 g/mol. The van der Waals surface area contributed by atoms with Crippen LogP contribution in [0.2, 0.25) is 0 Å². The van der Waals surface area contributed by atoms with E-state index >= 15 is 0 Å². The number of Topliss-reactive ketones (excluding diaryl/α,β-unsaturated/α-hetero) is 1. The van der Waals surface area contributed by atoms with Crippen molar-refractivity contribution < 1.29 is 38.4 Å². The standard InChI is InChI=1S/C29H39N3O8/c1-9-31(10-2)12-13-32-24(18-14-19(37-6)27(39-8)20(15-18)38-7)22(26(34)28(32)35)25(33)21-16(4)23(30-17(21)5)29(36)40-11-3/h14-15,24,30,33H,9-13H2,1-8H3. The Morgan fingerprint density at radius 3 is 2.12 bits per heavy atom. The molecular weight excluding hydrogens is 518 g/mol. The number of likely N-dealkylation sites (N-methyl/N-ethyl adjacent to an activating group) is 1. The number of H-pyrrole nitrogens is 1. The van der Waals surface area contributed by atoms with Crippen molar-refractivity contribution in [3.05, 3.63) is 45.8 Å². The number of benzene rings is 1. The van der Waals surface area contributed by atoms with Crippen molar-refractivity contribution in [3.63, 3.8) is 0 Å². The molecule has 1 aliphatic heterocycles. The van der Waals surface area contributed by atoms with E-state index in [0.717, 1.165) is 13.1 Å². The number of hydrogen-bond donors (Lipinski definition) is 2. The van der Waals surface area contributed by atoms with Crippen LogP contribution in [0.1, 0.15) is 59.7 Å². The molecule has 0 aliphatic carbocycles. The van der Waals surface area contributed by atoms with Gasteiger partial charge in [-0.05, 0) is 57.1 Å². The Morgan fingerprint density at radius 2 is 1.62 bits per heavy atom. The molecule has 1 unspecified atom stereocenters. The van der Waals surface area contributed by atoms with Crippen LogP contribution in [-0.2, 0) is 14.3 Å². The molecule has 1 aromatic carbocycles. The summed E-state index contributed by atoms with van der Waals surface area (Å²) in [4.78, 5) is 46.1. The van der Waals surface area contributed by atoms with Crippen molar-refractivity contribution >= 4 is 23.4 Å². The first kappa shape index (κ1) is 30.6. The van der Waals surface area contributed by atoms with Crippen LogP contribution in [0.5, 0.6) is 17.2 Å². The van der Waals surface area contributed by atoms with Gasteiger partial charge >= 0.3 is 5.97 Å². The number of likely N-dealkylation sites (tertiary alicyclic amines) is 1. The molecular formula is C29H39N3O8. The molecule has 0 bridgehead atoms. The number of aliphatic hydroxyl groups is 1. The van der Waals surface area contributed by atoms with E-state index < -0.39 is 23.7 Å². The van der Waals surface area contributed by atoms with Gasteiger partial charge in [-0.15, -0.1) is 0 Å². The number of nitrogens with zero attached hydrogens (tertiary/aromatic N) is 2. The topological polar surface area (TPSA) is 131 Å². The van der Waals surface area contributed by atoms with Crippen LogP contribution in [0, 0.1) is 13.8 Å². The summed E-state index contributed by atoms with van der Waals surface area (Å²) in [6.07, 6.45) is 0. The monoisotopic (exact) mass is 557 g/mol. The number of nitrogens with one attached hydrogen (secondary N) is 1. The number of ether oxygens (including phenoxy) is 4. The van der Waals surface area contributed by atoms with E-state index in [2.05, 4.69) is 9.88 Å². The van der Waals surface area contributed by atoms with E-state index in [4.69, 9.17) is 18.9 Å². The lowest BCUT2D eigenvalue weighted by atomic mass is 9.93. The second-order valence-corrected chi connectivity index (χ2v) is 9.32. The smallest absolute Gasteiger partial charge is 0.355 e. The third-order valence-electron chi connectivity index (χ3n) is 7.25. The summed E-state index contributed by atoms with van der Waals surface area (Å²) < 4.78 is 21.7. The molecule has 11 nitrogen and oxygen atoms in total. The maximum absolute atomic E-state index is 13.6. The molecule has 1 aromatic heterocycles. The third-order valence-corrected chi connectivity index (χ3v) is 7.25. The molecule has 2 aromatic rings. The fraction of sp³-hybridized carbons (Fsp3) is 0.483. The van der Waals surface area contributed by atoms with E-state index in [1.54, 1.807) is 32.9 Å². The fourth-order valence-corrected chi connectivity index (χ4v) is 5.15. The Bertz CT molecular complexity index is 1280. The Hall–Kier alpha value is -3.99. The first-order chi connectivity index (χ1) is 19.1. The first-order valence-electron chi connectivity index (χ1n) is 13.3. The van der Waals surface area contributed by atoms with Gasteiger partial charge in [0.05, 0.1) is 39.6 Å². The number of aliphatic hydroxyl groups excluding tert-OH is 1. The van der Waals surface area contributed by atoms with Gasteiger partial charge in [-0.3, -0.25) is 9.59 Å². The second kappa shape index (κ2) is 12.9. The van der Waals surface area contributed by atoms with Crippen molar-refractivity contribution in [3.8, 4) is 17.2 Å². The van der Waals surface area contributed by atoms with Gasteiger partial charge in [-0.2, -0.15) is 0 Å². The zero-order chi connectivity index (χ0) is 29.7. The molecule has 2 heterocycles. The normalized spacial score (nSPS) is 16.5. The van der Waals surface area contributed by atoms with E-state index in [1.807, 2.05) is 13.8 Å². The summed E-state index contributed by atoms with van der Waals surface area (Å²) in [5.41, 5.74) is 1.69. The summed E-state index contributed by atoms with van der Waals surface area (Å²) in [5.74, 6) is -1.50. The predicted molar refractivity (Wildman–Crippen MR) is 149 cm³/mol. The van der Waals surface area contributed by atoms with Gasteiger partial charge in [-0.25, -0.2) is 4.79 Å². The number of aryl methyl sites for hydroxylation is 1. The van der Waals surface area contributed by atoms with Crippen molar-refractivity contribution in [2.75, 3.05) is 54.1 Å².